The minimum atomic E-state index is -3.36. The van der Waals surface area contributed by atoms with Gasteiger partial charge in [0.15, 0.2) is 9.84 Å². The van der Waals surface area contributed by atoms with Crippen LogP contribution >= 0.6 is 11.8 Å². The van der Waals surface area contributed by atoms with E-state index in [0.29, 0.717) is 17.7 Å². The Kier molecular flexibility index (Phi) is 10.5. The summed E-state index contributed by atoms with van der Waals surface area (Å²) < 4.78 is 27.0. The van der Waals surface area contributed by atoms with Crippen LogP contribution in [0.15, 0.2) is 89.8 Å². The van der Waals surface area contributed by atoms with Gasteiger partial charge < -0.3 is 0 Å². The Morgan fingerprint density at radius 2 is 1.69 bits per heavy atom. The van der Waals surface area contributed by atoms with Crippen molar-refractivity contribution in [2.75, 3.05) is 5.75 Å². The van der Waals surface area contributed by atoms with Crippen molar-refractivity contribution in [3.8, 4) is 6.07 Å². The van der Waals surface area contributed by atoms with Crippen LogP contribution in [0.3, 0.4) is 0 Å². The molecule has 3 aromatic carbocycles. The average molecular weight is 558 g/mol. The third-order valence-corrected chi connectivity index (χ3v) is 11.1. The summed E-state index contributed by atoms with van der Waals surface area (Å²) in [4.78, 5) is 0.442. The van der Waals surface area contributed by atoms with Crippen LogP contribution in [-0.4, -0.2) is 19.4 Å². The minimum absolute atomic E-state index is 0.245. The van der Waals surface area contributed by atoms with Crippen molar-refractivity contribution in [2.45, 2.75) is 80.1 Å². The SMILES string of the molecule is CCCCC(CCCCc1cccc(C(C#N)c2ccccc2)c1C1C=CCS1)S(=O)(=O)c1ccc(C)cc1. The van der Waals surface area contributed by atoms with Gasteiger partial charge in [-0.2, -0.15) is 5.26 Å². The molecule has 204 valence electrons. The predicted molar refractivity (Wildman–Crippen MR) is 164 cm³/mol. The van der Waals surface area contributed by atoms with Gasteiger partial charge in [0.25, 0.3) is 0 Å². The molecule has 0 saturated carbocycles. The van der Waals surface area contributed by atoms with Gasteiger partial charge in [-0.25, -0.2) is 8.42 Å². The highest BCUT2D eigenvalue weighted by Crippen LogP contribution is 2.42. The molecule has 39 heavy (non-hydrogen) atoms. The molecule has 1 aliphatic heterocycles. The molecule has 4 rings (SSSR count). The van der Waals surface area contributed by atoms with Gasteiger partial charge in [-0.05, 0) is 67.0 Å². The van der Waals surface area contributed by atoms with Crippen molar-refractivity contribution in [3.63, 3.8) is 0 Å². The van der Waals surface area contributed by atoms with Crippen LogP contribution in [0.2, 0.25) is 0 Å². The molecule has 0 spiro atoms. The normalized spacial score (nSPS) is 16.6. The van der Waals surface area contributed by atoms with Gasteiger partial charge in [-0.15, -0.1) is 11.8 Å². The number of aryl methyl sites for hydroxylation is 2. The molecular weight excluding hydrogens is 519 g/mol. The number of benzene rings is 3. The van der Waals surface area contributed by atoms with E-state index in [1.165, 1.54) is 11.1 Å². The van der Waals surface area contributed by atoms with E-state index < -0.39 is 9.84 Å². The quantitative estimate of drug-likeness (QED) is 0.156. The second-order valence-electron chi connectivity index (χ2n) is 10.4. The average Bonchev–Trinajstić information content (AvgIpc) is 3.48. The van der Waals surface area contributed by atoms with E-state index >= 15 is 0 Å². The third kappa shape index (κ3) is 7.24. The van der Waals surface area contributed by atoms with Crippen LogP contribution in [0.5, 0.6) is 0 Å². The molecule has 0 aromatic heterocycles. The first kappa shape index (κ1) is 29.2. The Labute approximate surface area is 239 Å². The number of nitriles is 1. The van der Waals surface area contributed by atoms with E-state index in [-0.39, 0.29) is 16.4 Å². The van der Waals surface area contributed by atoms with E-state index in [1.54, 1.807) is 12.1 Å². The van der Waals surface area contributed by atoms with Crippen molar-refractivity contribution in [1.29, 1.82) is 5.26 Å². The maximum Gasteiger partial charge on any atom is 0.181 e. The van der Waals surface area contributed by atoms with Crippen LogP contribution in [0.4, 0.5) is 0 Å². The van der Waals surface area contributed by atoms with Crippen LogP contribution < -0.4 is 0 Å². The number of hydrogen-bond donors (Lipinski definition) is 0. The topological polar surface area (TPSA) is 57.9 Å². The van der Waals surface area contributed by atoms with Crippen LogP contribution in [-0.2, 0) is 16.3 Å². The lowest BCUT2D eigenvalue weighted by atomic mass is 9.84. The van der Waals surface area contributed by atoms with Gasteiger partial charge in [-0.1, -0.05) is 105 Å². The zero-order chi connectivity index (χ0) is 27.7. The van der Waals surface area contributed by atoms with Crippen molar-refractivity contribution < 1.29 is 8.42 Å². The first-order chi connectivity index (χ1) is 19.0. The Bertz CT molecular complexity index is 1390. The standard InChI is InChI=1S/C34H39NO2S2/c1-3-4-16-29(39(36,37)30-22-20-26(2)21-23-30)17-9-8-14-28-15-10-18-31(34(28)33-19-11-24-38-33)32(25-35)27-12-6-5-7-13-27/h5-7,10-13,15,18-23,29,32-33H,3-4,8-9,14,16-17,24H2,1-2H3. The lowest BCUT2D eigenvalue weighted by molar-refractivity contribution is 0.536. The summed E-state index contributed by atoms with van der Waals surface area (Å²) in [6, 6.07) is 26.3. The molecule has 5 heteroatoms. The fourth-order valence-corrected chi connectivity index (χ4v) is 8.45. The molecule has 0 bridgehead atoms. The Hall–Kier alpha value is -2.81. The molecule has 0 radical (unpaired) electrons. The smallest absolute Gasteiger partial charge is 0.181 e. The van der Waals surface area contributed by atoms with Gasteiger partial charge in [0.05, 0.1) is 22.1 Å². The number of nitrogens with zero attached hydrogens (tertiary/aromatic N) is 1. The van der Waals surface area contributed by atoms with Crippen LogP contribution in [0.25, 0.3) is 0 Å². The third-order valence-electron chi connectivity index (χ3n) is 7.66. The van der Waals surface area contributed by atoms with Gasteiger partial charge in [0.1, 0.15) is 0 Å². The summed E-state index contributed by atoms with van der Waals surface area (Å²) >= 11 is 1.90. The summed E-state index contributed by atoms with van der Waals surface area (Å²) in [5, 5.41) is 10.1. The van der Waals surface area contributed by atoms with E-state index in [2.05, 4.69) is 43.3 Å². The minimum Gasteiger partial charge on any atom is -0.223 e. The summed E-state index contributed by atoms with van der Waals surface area (Å²) in [5.74, 6) is 0.672. The number of hydrogen-bond acceptors (Lipinski definition) is 4. The molecule has 1 heterocycles. The highest BCUT2D eigenvalue weighted by atomic mass is 32.2. The highest BCUT2D eigenvalue weighted by molar-refractivity contribution is 8.00. The Morgan fingerprint density at radius 3 is 2.36 bits per heavy atom. The molecule has 3 atom stereocenters. The second kappa shape index (κ2) is 14.0. The van der Waals surface area contributed by atoms with E-state index in [4.69, 9.17) is 0 Å². The summed E-state index contributed by atoms with van der Waals surface area (Å²) in [5.41, 5.74) is 5.72. The molecule has 0 fully saturated rings. The molecule has 3 unspecified atom stereocenters. The molecule has 1 aliphatic rings. The van der Waals surface area contributed by atoms with Crippen LogP contribution in [0, 0.1) is 18.3 Å². The molecular formula is C34H39NO2S2. The van der Waals surface area contributed by atoms with Gasteiger partial charge in [0.2, 0.25) is 0 Å². The summed E-state index contributed by atoms with van der Waals surface area (Å²) in [6.07, 6.45) is 10.4. The molecule has 0 aliphatic carbocycles. The van der Waals surface area contributed by atoms with Gasteiger partial charge in [0, 0.05) is 11.0 Å². The predicted octanol–water partition coefficient (Wildman–Crippen LogP) is 8.74. The fraction of sp³-hybridized carbons (Fsp3) is 0.382. The largest absolute Gasteiger partial charge is 0.223 e. The lowest BCUT2D eigenvalue weighted by Gasteiger charge is -2.22. The molecule has 0 amide bonds. The first-order valence-corrected chi connectivity index (χ1v) is 16.7. The maximum atomic E-state index is 13.5. The van der Waals surface area contributed by atoms with Crippen molar-refractivity contribution >= 4 is 21.6 Å². The van der Waals surface area contributed by atoms with Crippen molar-refractivity contribution in [3.05, 3.63) is 113 Å². The second-order valence-corrected chi connectivity index (χ2v) is 13.8. The van der Waals surface area contributed by atoms with E-state index in [1.807, 2.05) is 61.2 Å². The first-order valence-electron chi connectivity index (χ1n) is 14.1. The molecule has 0 saturated heterocycles. The number of unbranched alkanes of at least 4 members (excludes halogenated alkanes) is 2. The van der Waals surface area contributed by atoms with Crippen LogP contribution in [0.1, 0.15) is 84.4 Å². The van der Waals surface area contributed by atoms with Gasteiger partial charge >= 0.3 is 0 Å². The van der Waals surface area contributed by atoms with Crippen molar-refractivity contribution in [1.82, 2.24) is 0 Å². The number of sulfone groups is 1. The monoisotopic (exact) mass is 557 g/mol. The Morgan fingerprint density at radius 1 is 0.949 bits per heavy atom. The summed E-state index contributed by atoms with van der Waals surface area (Å²) in [6.45, 7) is 4.09. The lowest BCUT2D eigenvalue weighted by Crippen LogP contribution is -2.22. The maximum absolute atomic E-state index is 13.5. The van der Waals surface area contributed by atoms with Crippen molar-refractivity contribution in [2.24, 2.45) is 0 Å². The zero-order valence-electron chi connectivity index (χ0n) is 23.1. The zero-order valence-corrected chi connectivity index (χ0v) is 24.7. The highest BCUT2D eigenvalue weighted by Gasteiger charge is 2.28. The molecule has 3 nitrogen and oxygen atoms in total. The fourth-order valence-electron chi connectivity index (χ4n) is 5.49. The molecule has 3 aromatic rings. The van der Waals surface area contributed by atoms with E-state index in [0.717, 1.165) is 54.5 Å². The number of thioether (sulfide) groups is 1. The van der Waals surface area contributed by atoms with Gasteiger partial charge in [-0.3, -0.25) is 0 Å². The Balaban J connectivity index is 1.52. The molecule has 0 N–H and O–H groups in total. The summed E-state index contributed by atoms with van der Waals surface area (Å²) in [7, 11) is -3.36. The van der Waals surface area contributed by atoms with E-state index in [9.17, 15) is 13.7 Å². The number of rotatable bonds is 13.